The first-order valence-electron chi connectivity index (χ1n) is 8.45. The Balaban J connectivity index is 1.81. The minimum Gasteiger partial charge on any atom is -0.275 e. The predicted molar refractivity (Wildman–Crippen MR) is 103 cm³/mol. The highest BCUT2D eigenvalue weighted by molar-refractivity contribution is 7.98. The van der Waals surface area contributed by atoms with E-state index in [2.05, 4.69) is 71.8 Å². The van der Waals surface area contributed by atoms with E-state index in [1.165, 1.54) is 11.1 Å². The molecule has 2 aromatic heterocycles. The Morgan fingerprint density at radius 2 is 1.76 bits per heavy atom. The molecule has 2 aromatic carbocycles. The molecule has 0 unspecified atom stereocenters. The summed E-state index contributed by atoms with van der Waals surface area (Å²) in [6, 6.07) is 16.8. The molecular weight excluding hydrogens is 328 g/mol. The Bertz CT molecular complexity index is 1030. The molecule has 0 N–H and O–H groups in total. The van der Waals surface area contributed by atoms with Gasteiger partial charge in [0.1, 0.15) is 10.9 Å². The molecule has 0 amide bonds. The van der Waals surface area contributed by atoms with Gasteiger partial charge in [-0.25, -0.2) is 4.98 Å². The van der Waals surface area contributed by atoms with E-state index in [0.29, 0.717) is 5.92 Å². The maximum absolute atomic E-state index is 4.85. The number of rotatable bonds is 4. The van der Waals surface area contributed by atoms with Gasteiger partial charge in [0.15, 0.2) is 5.65 Å². The molecule has 0 aliphatic carbocycles. The average Bonchev–Trinajstić information content (AvgIpc) is 3.07. The van der Waals surface area contributed by atoms with Crippen LogP contribution in [-0.4, -0.2) is 19.6 Å². The number of fused-ring (bicyclic) bond motifs is 3. The molecule has 0 spiro atoms. The Hall–Kier alpha value is -2.40. The standard InChI is InChI=1S/C20H20N4S/c1-13(2)18-22-23-19-20(25-12-15-10-8-14(3)9-11-15)21-16-6-4-5-7-17(16)24(18)19/h4-11,13H,12H2,1-3H3. The molecule has 0 saturated carbocycles. The van der Waals surface area contributed by atoms with Gasteiger partial charge in [-0.2, -0.15) is 0 Å². The zero-order valence-corrected chi connectivity index (χ0v) is 15.4. The molecule has 4 nitrogen and oxygen atoms in total. The number of para-hydroxylation sites is 2. The highest BCUT2D eigenvalue weighted by atomic mass is 32.2. The molecule has 0 bridgehead atoms. The lowest BCUT2D eigenvalue weighted by atomic mass is 10.2. The average molecular weight is 348 g/mol. The van der Waals surface area contributed by atoms with Crippen molar-refractivity contribution in [1.29, 1.82) is 0 Å². The van der Waals surface area contributed by atoms with Crippen molar-refractivity contribution in [3.8, 4) is 0 Å². The van der Waals surface area contributed by atoms with Crippen molar-refractivity contribution in [3.05, 3.63) is 65.5 Å². The van der Waals surface area contributed by atoms with Gasteiger partial charge in [0.05, 0.1) is 11.0 Å². The fourth-order valence-electron chi connectivity index (χ4n) is 2.89. The van der Waals surface area contributed by atoms with Crippen LogP contribution in [0.4, 0.5) is 0 Å². The third kappa shape index (κ3) is 3.00. The summed E-state index contributed by atoms with van der Waals surface area (Å²) in [7, 11) is 0. The highest BCUT2D eigenvalue weighted by Gasteiger charge is 2.17. The van der Waals surface area contributed by atoms with E-state index in [1.807, 2.05) is 12.1 Å². The van der Waals surface area contributed by atoms with Gasteiger partial charge in [-0.3, -0.25) is 4.40 Å². The second-order valence-corrected chi connectivity index (χ2v) is 7.52. The van der Waals surface area contributed by atoms with Crippen LogP contribution < -0.4 is 0 Å². The molecule has 126 valence electrons. The van der Waals surface area contributed by atoms with Crippen LogP contribution in [0.15, 0.2) is 53.6 Å². The van der Waals surface area contributed by atoms with Crippen LogP contribution in [0.5, 0.6) is 0 Å². The topological polar surface area (TPSA) is 43.1 Å². The molecule has 0 aliphatic rings. The molecule has 0 saturated heterocycles. The van der Waals surface area contributed by atoms with E-state index in [9.17, 15) is 0 Å². The third-order valence-electron chi connectivity index (χ3n) is 4.24. The first-order chi connectivity index (χ1) is 12.1. The Morgan fingerprint density at radius 1 is 1.00 bits per heavy atom. The van der Waals surface area contributed by atoms with Crippen LogP contribution in [0.1, 0.15) is 36.7 Å². The van der Waals surface area contributed by atoms with E-state index in [0.717, 1.165) is 33.3 Å². The normalized spacial score (nSPS) is 11.7. The lowest BCUT2D eigenvalue weighted by Crippen LogP contribution is -2.01. The molecule has 4 aromatic rings. The van der Waals surface area contributed by atoms with Crippen LogP contribution in [0.25, 0.3) is 16.7 Å². The highest BCUT2D eigenvalue weighted by Crippen LogP contribution is 2.29. The molecule has 4 rings (SSSR count). The van der Waals surface area contributed by atoms with E-state index in [1.54, 1.807) is 11.8 Å². The molecule has 5 heteroatoms. The Labute approximate surface area is 151 Å². The Morgan fingerprint density at radius 3 is 2.52 bits per heavy atom. The summed E-state index contributed by atoms with van der Waals surface area (Å²) in [6.45, 7) is 6.39. The van der Waals surface area contributed by atoms with Gasteiger partial charge in [-0.15, -0.1) is 10.2 Å². The van der Waals surface area contributed by atoms with Crippen molar-refractivity contribution >= 4 is 28.4 Å². The molecule has 0 fully saturated rings. The molecule has 0 radical (unpaired) electrons. The molecule has 2 heterocycles. The van der Waals surface area contributed by atoms with Gasteiger partial charge in [0.2, 0.25) is 0 Å². The van der Waals surface area contributed by atoms with Crippen molar-refractivity contribution in [2.75, 3.05) is 0 Å². The number of aryl methyl sites for hydroxylation is 1. The minimum absolute atomic E-state index is 0.302. The van der Waals surface area contributed by atoms with Gasteiger partial charge in [0.25, 0.3) is 0 Å². The van der Waals surface area contributed by atoms with E-state index < -0.39 is 0 Å². The second kappa shape index (κ2) is 6.48. The van der Waals surface area contributed by atoms with Crippen molar-refractivity contribution in [2.24, 2.45) is 0 Å². The first-order valence-corrected chi connectivity index (χ1v) is 9.44. The van der Waals surface area contributed by atoms with E-state index in [-0.39, 0.29) is 0 Å². The van der Waals surface area contributed by atoms with Gasteiger partial charge < -0.3 is 0 Å². The van der Waals surface area contributed by atoms with Crippen molar-refractivity contribution in [1.82, 2.24) is 19.6 Å². The summed E-state index contributed by atoms with van der Waals surface area (Å²) in [5, 5.41) is 9.81. The fourth-order valence-corrected chi connectivity index (χ4v) is 3.81. The van der Waals surface area contributed by atoms with Gasteiger partial charge in [-0.05, 0) is 24.6 Å². The zero-order chi connectivity index (χ0) is 17.4. The number of thioether (sulfide) groups is 1. The lowest BCUT2D eigenvalue weighted by molar-refractivity contribution is 0.765. The van der Waals surface area contributed by atoms with E-state index in [4.69, 9.17) is 4.98 Å². The maximum atomic E-state index is 4.85. The Kier molecular flexibility index (Phi) is 4.17. The van der Waals surface area contributed by atoms with Crippen molar-refractivity contribution in [3.63, 3.8) is 0 Å². The summed E-state index contributed by atoms with van der Waals surface area (Å²) < 4.78 is 2.16. The monoisotopic (exact) mass is 348 g/mol. The van der Waals surface area contributed by atoms with Crippen LogP contribution in [-0.2, 0) is 5.75 Å². The van der Waals surface area contributed by atoms with Crippen LogP contribution in [0, 0.1) is 6.92 Å². The quantitative estimate of drug-likeness (QED) is 0.487. The summed E-state index contributed by atoms with van der Waals surface area (Å²) in [5.74, 6) is 2.15. The summed E-state index contributed by atoms with van der Waals surface area (Å²) >= 11 is 1.71. The minimum atomic E-state index is 0.302. The maximum Gasteiger partial charge on any atom is 0.193 e. The number of hydrogen-bond donors (Lipinski definition) is 0. The van der Waals surface area contributed by atoms with Gasteiger partial charge in [-0.1, -0.05) is 67.6 Å². The molecule has 0 atom stereocenters. The smallest absolute Gasteiger partial charge is 0.193 e. The number of nitrogens with zero attached hydrogens (tertiary/aromatic N) is 4. The number of hydrogen-bond acceptors (Lipinski definition) is 4. The van der Waals surface area contributed by atoms with Crippen molar-refractivity contribution in [2.45, 2.75) is 37.5 Å². The number of benzene rings is 2. The van der Waals surface area contributed by atoms with Crippen molar-refractivity contribution < 1.29 is 0 Å². The molecule has 25 heavy (non-hydrogen) atoms. The van der Waals surface area contributed by atoms with Crippen LogP contribution >= 0.6 is 11.8 Å². The first kappa shape index (κ1) is 16.1. The largest absolute Gasteiger partial charge is 0.275 e. The molecule has 0 aliphatic heterocycles. The van der Waals surface area contributed by atoms with E-state index >= 15 is 0 Å². The lowest BCUT2D eigenvalue weighted by Gasteiger charge is -2.09. The summed E-state index contributed by atoms with van der Waals surface area (Å²) in [4.78, 5) is 4.85. The molecular formula is C20H20N4S. The summed E-state index contributed by atoms with van der Waals surface area (Å²) in [5.41, 5.74) is 5.44. The summed E-state index contributed by atoms with van der Waals surface area (Å²) in [6.07, 6.45) is 0. The van der Waals surface area contributed by atoms with Gasteiger partial charge in [0, 0.05) is 11.7 Å². The third-order valence-corrected chi connectivity index (χ3v) is 5.26. The predicted octanol–water partition coefficient (Wildman–Crippen LogP) is 5.00. The van der Waals surface area contributed by atoms with Crippen LogP contribution in [0.3, 0.4) is 0 Å². The zero-order valence-electron chi connectivity index (χ0n) is 14.6. The second-order valence-electron chi connectivity index (χ2n) is 6.55. The van der Waals surface area contributed by atoms with Gasteiger partial charge >= 0.3 is 0 Å². The number of aromatic nitrogens is 4. The van der Waals surface area contributed by atoms with Crippen LogP contribution in [0.2, 0.25) is 0 Å². The SMILES string of the molecule is Cc1ccc(CSc2nc3ccccc3n3c(C(C)C)nnc23)cc1. The fraction of sp³-hybridized carbons (Fsp3) is 0.250.